The fourth-order valence-corrected chi connectivity index (χ4v) is 2.60. The molecule has 2 aliphatic heterocycles. The lowest BCUT2D eigenvalue weighted by atomic mass is 10.1. The van der Waals surface area contributed by atoms with Gasteiger partial charge >= 0.3 is 0 Å². The average molecular weight is 242 g/mol. The van der Waals surface area contributed by atoms with Crippen molar-refractivity contribution in [1.29, 1.82) is 0 Å². The molecule has 2 rings (SSSR count). The van der Waals surface area contributed by atoms with Crippen LogP contribution in [0.5, 0.6) is 0 Å². The molecule has 0 bridgehead atoms. The number of nitrogens with zero attached hydrogens (tertiary/aromatic N) is 1. The molecule has 0 radical (unpaired) electrons. The summed E-state index contributed by atoms with van der Waals surface area (Å²) in [5, 5.41) is 0. The van der Waals surface area contributed by atoms with E-state index in [2.05, 4.69) is 0 Å². The summed E-state index contributed by atoms with van der Waals surface area (Å²) in [5.74, 6) is 0.114. The molecule has 0 saturated carbocycles. The second kappa shape index (κ2) is 5.80. The van der Waals surface area contributed by atoms with Crippen LogP contribution in [0.25, 0.3) is 0 Å². The Morgan fingerprint density at radius 2 is 2.29 bits per heavy atom. The van der Waals surface area contributed by atoms with Crippen molar-refractivity contribution in [3.63, 3.8) is 0 Å². The minimum absolute atomic E-state index is 0.0620. The highest BCUT2D eigenvalue weighted by molar-refractivity contribution is 5.81. The van der Waals surface area contributed by atoms with Crippen LogP contribution in [0.15, 0.2) is 0 Å². The van der Waals surface area contributed by atoms with Crippen molar-refractivity contribution in [1.82, 2.24) is 4.90 Å². The maximum atomic E-state index is 12.2. The number of piperidine rings is 1. The van der Waals surface area contributed by atoms with E-state index >= 15 is 0 Å². The molecule has 5 nitrogen and oxygen atoms in total. The summed E-state index contributed by atoms with van der Waals surface area (Å²) in [5.41, 5.74) is 5.55. The van der Waals surface area contributed by atoms with Gasteiger partial charge in [-0.3, -0.25) is 4.79 Å². The zero-order chi connectivity index (χ0) is 12.3. The minimum atomic E-state index is -0.279. The second-order valence-corrected chi connectivity index (χ2v) is 4.84. The molecule has 0 aromatic carbocycles. The summed E-state index contributed by atoms with van der Waals surface area (Å²) in [6.45, 7) is 2.03. The highest BCUT2D eigenvalue weighted by Gasteiger charge is 2.34. The predicted octanol–water partition coefficient (Wildman–Crippen LogP) is 0.130. The molecule has 1 amide bonds. The van der Waals surface area contributed by atoms with E-state index in [0.717, 1.165) is 32.2 Å². The highest BCUT2D eigenvalue weighted by Crippen LogP contribution is 2.22. The number of carbonyl (C=O) groups is 1. The molecule has 0 aromatic rings. The molecule has 2 heterocycles. The van der Waals surface area contributed by atoms with Gasteiger partial charge in [-0.25, -0.2) is 0 Å². The monoisotopic (exact) mass is 242 g/mol. The first kappa shape index (κ1) is 12.8. The van der Waals surface area contributed by atoms with E-state index in [9.17, 15) is 4.79 Å². The smallest absolute Gasteiger partial charge is 0.251 e. The topological polar surface area (TPSA) is 64.8 Å². The third-order valence-corrected chi connectivity index (χ3v) is 3.67. The molecule has 0 aromatic heterocycles. The molecule has 17 heavy (non-hydrogen) atoms. The molecule has 2 fully saturated rings. The number of methoxy groups -OCH3 is 1. The Balaban J connectivity index is 1.87. The SMILES string of the molecule is COC1CCCN(C(=O)[C@@H]2CC[C@H](CN)O2)C1. The molecule has 3 atom stereocenters. The molecule has 0 spiro atoms. The first-order valence-electron chi connectivity index (χ1n) is 6.41. The van der Waals surface area contributed by atoms with Gasteiger partial charge in [0.1, 0.15) is 6.10 Å². The largest absolute Gasteiger partial charge is 0.380 e. The standard InChI is InChI=1S/C12H22N2O3/c1-16-10-3-2-6-14(8-10)12(15)11-5-4-9(7-13)17-11/h9-11H,2-8,13H2,1H3/t9-,10?,11+/m1/s1. The number of carbonyl (C=O) groups excluding carboxylic acids is 1. The minimum Gasteiger partial charge on any atom is -0.380 e. The summed E-state index contributed by atoms with van der Waals surface area (Å²) in [6, 6.07) is 0. The Morgan fingerprint density at radius 3 is 2.94 bits per heavy atom. The predicted molar refractivity (Wildman–Crippen MR) is 63.6 cm³/mol. The number of likely N-dealkylation sites (tertiary alicyclic amines) is 1. The van der Waals surface area contributed by atoms with Crippen molar-refractivity contribution < 1.29 is 14.3 Å². The van der Waals surface area contributed by atoms with Crippen LogP contribution in [0.4, 0.5) is 0 Å². The first-order chi connectivity index (χ1) is 8.24. The molecular formula is C12H22N2O3. The van der Waals surface area contributed by atoms with Crippen molar-refractivity contribution in [3.8, 4) is 0 Å². The van der Waals surface area contributed by atoms with Crippen LogP contribution in [-0.2, 0) is 14.3 Å². The van der Waals surface area contributed by atoms with Gasteiger partial charge < -0.3 is 20.1 Å². The van der Waals surface area contributed by atoms with Crippen LogP contribution >= 0.6 is 0 Å². The Bertz CT molecular complexity index is 272. The number of amides is 1. The molecule has 1 unspecified atom stereocenters. The van der Waals surface area contributed by atoms with Gasteiger partial charge in [-0.2, -0.15) is 0 Å². The van der Waals surface area contributed by atoms with Gasteiger partial charge in [-0.1, -0.05) is 0 Å². The number of hydrogen-bond acceptors (Lipinski definition) is 4. The third kappa shape index (κ3) is 2.97. The quantitative estimate of drug-likeness (QED) is 0.764. The Kier molecular flexibility index (Phi) is 4.36. The van der Waals surface area contributed by atoms with E-state index in [1.807, 2.05) is 4.90 Å². The Morgan fingerprint density at radius 1 is 1.47 bits per heavy atom. The number of hydrogen-bond donors (Lipinski definition) is 1. The van der Waals surface area contributed by atoms with Gasteiger partial charge in [-0.05, 0) is 25.7 Å². The lowest BCUT2D eigenvalue weighted by Crippen LogP contribution is -2.47. The molecule has 5 heteroatoms. The van der Waals surface area contributed by atoms with Crippen molar-refractivity contribution >= 4 is 5.91 Å². The molecule has 2 N–H and O–H groups in total. The fourth-order valence-electron chi connectivity index (χ4n) is 2.60. The van der Waals surface area contributed by atoms with Crippen LogP contribution < -0.4 is 5.73 Å². The van der Waals surface area contributed by atoms with Crippen molar-refractivity contribution in [2.45, 2.75) is 44.0 Å². The van der Waals surface area contributed by atoms with E-state index in [0.29, 0.717) is 13.1 Å². The van der Waals surface area contributed by atoms with Crippen LogP contribution in [0, 0.1) is 0 Å². The summed E-state index contributed by atoms with van der Waals surface area (Å²) >= 11 is 0. The maximum absolute atomic E-state index is 12.2. The Labute approximate surface area is 102 Å². The van der Waals surface area contributed by atoms with Gasteiger partial charge in [0.15, 0.2) is 0 Å². The van der Waals surface area contributed by atoms with Gasteiger partial charge in [-0.15, -0.1) is 0 Å². The van der Waals surface area contributed by atoms with Crippen molar-refractivity contribution in [3.05, 3.63) is 0 Å². The normalized spacial score (nSPS) is 34.0. The summed E-state index contributed by atoms with van der Waals surface area (Å²) < 4.78 is 11.0. The zero-order valence-corrected chi connectivity index (χ0v) is 10.4. The summed E-state index contributed by atoms with van der Waals surface area (Å²) in [6.07, 6.45) is 3.71. The van der Waals surface area contributed by atoms with Crippen LogP contribution in [0.3, 0.4) is 0 Å². The highest BCUT2D eigenvalue weighted by atomic mass is 16.5. The average Bonchev–Trinajstić information content (AvgIpc) is 2.86. The maximum Gasteiger partial charge on any atom is 0.251 e. The zero-order valence-electron chi connectivity index (χ0n) is 10.4. The van der Waals surface area contributed by atoms with E-state index in [1.165, 1.54) is 0 Å². The molecule has 0 aliphatic carbocycles. The number of nitrogens with two attached hydrogens (primary N) is 1. The summed E-state index contributed by atoms with van der Waals surface area (Å²) in [7, 11) is 1.70. The first-order valence-corrected chi connectivity index (χ1v) is 6.41. The number of rotatable bonds is 3. The lowest BCUT2D eigenvalue weighted by Gasteiger charge is -2.33. The fraction of sp³-hybridized carbons (Fsp3) is 0.917. The Hall–Kier alpha value is -0.650. The molecule has 2 saturated heterocycles. The number of ether oxygens (including phenoxy) is 2. The van der Waals surface area contributed by atoms with Crippen LogP contribution in [0.2, 0.25) is 0 Å². The third-order valence-electron chi connectivity index (χ3n) is 3.67. The van der Waals surface area contributed by atoms with Crippen molar-refractivity contribution in [2.24, 2.45) is 5.73 Å². The van der Waals surface area contributed by atoms with E-state index in [1.54, 1.807) is 7.11 Å². The summed E-state index contributed by atoms with van der Waals surface area (Å²) in [4.78, 5) is 14.1. The second-order valence-electron chi connectivity index (χ2n) is 4.84. The lowest BCUT2D eigenvalue weighted by molar-refractivity contribution is -0.146. The van der Waals surface area contributed by atoms with Crippen LogP contribution in [0.1, 0.15) is 25.7 Å². The molecule has 2 aliphatic rings. The van der Waals surface area contributed by atoms with E-state index in [-0.39, 0.29) is 24.2 Å². The van der Waals surface area contributed by atoms with Gasteiger partial charge in [0, 0.05) is 26.7 Å². The van der Waals surface area contributed by atoms with Gasteiger partial charge in [0.05, 0.1) is 12.2 Å². The van der Waals surface area contributed by atoms with Crippen molar-refractivity contribution in [2.75, 3.05) is 26.7 Å². The molecular weight excluding hydrogens is 220 g/mol. The van der Waals surface area contributed by atoms with Gasteiger partial charge in [0.2, 0.25) is 0 Å². The van der Waals surface area contributed by atoms with E-state index < -0.39 is 0 Å². The van der Waals surface area contributed by atoms with Crippen LogP contribution in [-0.4, -0.2) is 55.9 Å². The van der Waals surface area contributed by atoms with Gasteiger partial charge in [0.25, 0.3) is 5.91 Å². The molecule has 98 valence electrons. The van der Waals surface area contributed by atoms with E-state index in [4.69, 9.17) is 15.2 Å².